The highest BCUT2D eigenvalue weighted by molar-refractivity contribution is 5.41. The van der Waals surface area contributed by atoms with E-state index in [1.807, 2.05) is 18.2 Å². The minimum Gasteiger partial charge on any atom is -0.465 e. The van der Waals surface area contributed by atoms with Gasteiger partial charge in [-0.2, -0.15) is 0 Å². The molecule has 0 spiro atoms. The maximum Gasteiger partial charge on any atom is 0.197 e. The molecular weight excluding hydrogens is 248 g/mol. The zero-order valence-corrected chi connectivity index (χ0v) is 11.8. The van der Waals surface area contributed by atoms with Crippen molar-refractivity contribution in [3.8, 4) is 5.75 Å². The van der Waals surface area contributed by atoms with E-state index in [1.165, 1.54) is 16.7 Å². The fourth-order valence-corrected chi connectivity index (χ4v) is 2.92. The van der Waals surface area contributed by atoms with E-state index in [4.69, 9.17) is 4.74 Å². The van der Waals surface area contributed by atoms with Crippen LogP contribution in [0.5, 0.6) is 5.75 Å². The fourth-order valence-electron chi connectivity index (χ4n) is 2.92. The summed E-state index contributed by atoms with van der Waals surface area (Å²) in [5.74, 6) is 1.21. The van der Waals surface area contributed by atoms with Gasteiger partial charge in [0.1, 0.15) is 5.75 Å². The fraction of sp³-hybridized carbons (Fsp3) is 0.333. The van der Waals surface area contributed by atoms with Crippen molar-refractivity contribution in [3.05, 3.63) is 65.2 Å². The third-order valence-electron chi connectivity index (χ3n) is 3.98. The molecule has 2 nitrogen and oxygen atoms in total. The van der Waals surface area contributed by atoms with Crippen molar-refractivity contribution < 1.29 is 9.84 Å². The van der Waals surface area contributed by atoms with E-state index < -0.39 is 6.29 Å². The summed E-state index contributed by atoms with van der Waals surface area (Å²) in [5, 5.41) is 9.87. The molecule has 1 aliphatic heterocycles. The Balaban J connectivity index is 1.78. The Bertz CT molecular complexity index is 577. The van der Waals surface area contributed by atoms with Gasteiger partial charge in [-0.05, 0) is 42.9 Å². The molecule has 0 fully saturated rings. The number of hydrogen-bond acceptors (Lipinski definition) is 2. The molecule has 1 N–H and O–H groups in total. The number of aliphatic hydroxyl groups excluding tert-OH is 1. The summed E-state index contributed by atoms with van der Waals surface area (Å²) in [6, 6.07) is 16.7. The lowest BCUT2D eigenvalue weighted by atomic mass is 9.86. The summed E-state index contributed by atoms with van der Waals surface area (Å²) in [7, 11) is 0. The predicted octanol–water partition coefficient (Wildman–Crippen LogP) is 3.81. The van der Waals surface area contributed by atoms with Crippen molar-refractivity contribution in [1.82, 2.24) is 0 Å². The molecule has 3 rings (SSSR count). The van der Waals surface area contributed by atoms with Gasteiger partial charge in [0.2, 0.25) is 0 Å². The van der Waals surface area contributed by atoms with Gasteiger partial charge in [0.15, 0.2) is 6.29 Å². The molecular formula is C18H20O2. The molecule has 104 valence electrons. The molecule has 0 aromatic heterocycles. The van der Waals surface area contributed by atoms with Crippen LogP contribution in [0.3, 0.4) is 0 Å². The normalized spacial score (nSPS) is 21.1. The van der Waals surface area contributed by atoms with Gasteiger partial charge >= 0.3 is 0 Å². The lowest BCUT2D eigenvalue weighted by molar-refractivity contribution is -0.0396. The summed E-state index contributed by atoms with van der Waals surface area (Å²) in [6.45, 7) is 2.10. The largest absolute Gasteiger partial charge is 0.465 e. The van der Waals surface area contributed by atoms with E-state index in [-0.39, 0.29) is 0 Å². The predicted molar refractivity (Wildman–Crippen MR) is 79.9 cm³/mol. The van der Waals surface area contributed by atoms with Crippen LogP contribution >= 0.6 is 0 Å². The Labute approximate surface area is 120 Å². The lowest BCUT2D eigenvalue weighted by Gasteiger charge is -2.29. The molecule has 1 aliphatic rings. The van der Waals surface area contributed by atoms with E-state index in [0.717, 1.165) is 18.6 Å². The summed E-state index contributed by atoms with van der Waals surface area (Å²) in [4.78, 5) is 0. The topological polar surface area (TPSA) is 29.5 Å². The maximum atomic E-state index is 9.87. The van der Waals surface area contributed by atoms with Gasteiger partial charge < -0.3 is 9.84 Å². The quantitative estimate of drug-likeness (QED) is 0.917. The standard InChI is InChI=1S/C18H20O2/c1-13-7-10-17-16(11-13)15(12-18(19)20-17)9-8-14-5-3-2-4-6-14/h2-7,10-11,15,18-19H,8-9,12H2,1H3. The molecule has 0 aliphatic carbocycles. The van der Waals surface area contributed by atoms with Gasteiger partial charge in [-0.3, -0.25) is 0 Å². The second kappa shape index (κ2) is 5.68. The molecule has 0 saturated heterocycles. The first-order valence-electron chi connectivity index (χ1n) is 7.21. The SMILES string of the molecule is Cc1ccc2c(c1)C(CCc1ccccc1)CC(O)O2. The monoisotopic (exact) mass is 268 g/mol. The number of hydrogen-bond donors (Lipinski definition) is 1. The smallest absolute Gasteiger partial charge is 0.197 e. The molecule has 0 saturated carbocycles. The van der Waals surface area contributed by atoms with Gasteiger partial charge in [0, 0.05) is 6.42 Å². The zero-order valence-electron chi connectivity index (χ0n) is 11.8. The van der Waals surface area contributed by atoms with Crippen LogP contribution in [0, 0.1) is 6.92 Å². The number of benzene rings is 2. The van der Waals surface area contributed by atoms with Crippen molar-refractivity contribution in [2.75, 3.05) is 0 Å². The summed E-state index contributed by atoms with van der Waals surface area (Å²) in [6.07, 6.45) is 2.08. The van der Waals surface area contributed by atoms with E-state index in [2.05, 4.69) is 37.3 Å². The minimum absolute atomic E-state index is 0.369. The number of aryl methyl sites for hydroxylation is 2. The van der Waals surface area contributed by atoms with Crippen LogP contribution in [0.1, 0.15) is 35.4 Å². The Morgan fingerprint density at radius 3 is 2.75 bits per heavy atom. The van der Waals surface area contributed by atoms with Crippen LogP contribution in [0.2, 0.25) is 0 Å². The van der Waals surface area contributed by atoms with E-state index in [1.54, 1.807) is 0 Å². The van der Waals surface area contributed by atoms with Crippen molar-refractivity contribution >= 4 is 0 Å². The third-order valence-corrected chi connectivity index (χ3v) is 3.98. The Kier molecular flexibility index (Phi) is 3.75. The van der Waals surface area contributed by atoms with E-state index >= 15 is 0 Å². The highest BCUT2D eigenvalue weighted by Crippen LogP contribution is 2.38. The Hall–Kier alpha value is -1.80. The third kappa shape index (κ3) is 2.86. The minimum atomic E-state index is -0.675. The number of rotatable bonds is 3. The molecule has 2 aromatic rings. The van der Waals surface area contributed by atoms with Crippen molar-refractivity contribution in [3.63, 3.8) is 0 Å². The van der Waals surface area contributed by atoms with E-state index in [0.29, 0.717) is 12.3 Å². The van der Waals surface area contributed by atoms with Crippen molar-refractivity contribution in [1.29, 1.82) is 0 Å². The van der Waals surface area contributed by atoms with Crippen molar-refractivity contribution in [2.24, 2.45) is 0 Å². The van der Waals surface area contributed by atoms with Crippen LogP contribution < -0.4 is 4.74 Å². The van der Waals surface area contributed by atoms with Gasteiger partial charge in [0.05, 0.1) is 0 Å². The molecule has 2 atom stereocenters. The second-order valence-corrected chi connectivity index (χ2v) is 5.57. The molecule has 2 unspecified atom stereocenters. The molecule has 0 radical (unpaired) electrons. The lowest BCUT2D eigenvalue weighted by Crippen LogP contribution is -2.25. The first-order chi connectivity index (χ1) is 9.72. The van der Waals surface area contributed by atoms with Crippen LogP contribution in [0.25, 0.3) is 0 Å². The van der Waals surface area contributed by atoms with Crippen LogP contribution in [0.15, 0.2) is 48.5 Å². The van der Waals surface area contributed by atoms with Crippen LogP contribution in [0.4, 0.5) is 0 Å². The molecule has 2 heteroatoms. The molecule has 0 amide bonds. The first-order valence-corrected chi connectivity index (χ1v) is 7.21. The average Bonchev–Trinajstić information content (AvgIpc) is 2.46. The van der Waals surface area contributed by atoms with Gasteiger partial charge in [-0.25, -0.2) is 0 Å². The zero-order chi connectivity index (χ0) is 13.9. The summed E-state index contributed by atoms with van der Waals surface area (Å²) >= 11 is 0. The number of fused-ring (bicyclic) bond motifs is 1. The Morgan fingerprint density at radius 1 is 1.15 bits per heavy atom. The number of ether oxygens (including phenoxy) is 1. The van der Waals surface area contributed by atoms with Crippen LogP contribution in [-0.4, -0.2) is 11.4 Å². The molecule has 20 heavy (non-hydrogen) atoms. The number of aliphatic hydroxyl groups is 1. The molecule has 1 heterocycles. The Morgan fingerprint density at radius 2 is 1.95 bits per heavy atom. The molecule has 2 aromatic carbocycles. The average molecular weight is 268 g/mol. The van der Waals surface area contributed by atoms with Gasteiger partial charge in [-0.15, -0.1) is 0 Å². The second-order valence-electron chi connectivity index (χ2n) is 5.57. The van der Waals surface area contributed by atoms with Crippen LogP contribution in [-0.2, 0) is 6.42 Å². The van der Waals surface area contributed by atoms with Gasteiger partial charge in [-0.1, -0.05) is 48.0 Å². The maximum absolute atomic E-state index is 9.87. The van der Waals surface area contributed by atoms with Gasteiger partial charge in [0.25, 0.3) is 0 Å². The summed E-state index contributed by atoms with van der Waals surface area (Å²) in [5.41, 5.74) is 3.84. The first kappa shape index (κ1) is 13.2. The highest BCUT2D eigenvalue weighted by atomic mass is 16.6. The summed E-state index contributed by atoms with van der Waals surface area (Å²) < 4.78 is 5.52. The van der Waals surface area contributed by atoms with E-state index in [9.17, 15) is 5.11 Å². The van der Waals surface area contributed by atoms with Crippen molar-refractivity contribution in [2.45, 2.75) is 38.4 Å². The molecule has 0 bridgehead atoms. The highest BCUT2D eigenvalue weighted by Gasteiger charge is 2.26.